The lowest BCUT2D eigenvalue weighted by molar-refractivity contribution is 0.266. The zero-order valence-corrected chi connectivity index (χ0v) is 11.0. The number of rotatable bonds is 5. The molecule has 0 N–H and O–H groups in total. The van der Waals surface area contributed by atoms with Crippen molar-refractivity contribution in [3.8, 4) is 0 Å². The van der Waals surface area contributed by atoms with Crippen LogP contribution in [0.4, 0.5) is 0 Å². The summed E-state index contributed by atoms with van der Waals surface area (Å²) < 4.78 is 0. The van der Waals surface area contributed by atoms with Gasteiger partial charge in [0.25, 0.3) is 0 Å². The Balaban J connectivity index is 2.54. The van der Waals surface area contributed by atoms with Crippen molar-refractivity contribution in [3.05, 3.63) is 29.0 Å². The third-order valence-corrected chi connectivity index (χ3v) is 3.37. The number of thioether (sulfide) groups is 1. The number of hydrogen-bond acceptors (Lipinski definition) is 3. The quantitative estimate of drug-likeness (QED) is 0.741. The fraction of sp³-hybridized carbons (Fsp3) is 0.545. The summed E-state index contributed by atoms with van der Waals surface area (Å²) in [7, 11) is 2.11. The highest BCUT2D eigenvalue weighted by Crippen LogP contribution is 2.10. The third kappa shape index (κ3) is 4.41. The number of aromatic nitrogens is 1. The molecule has 1 aromatic rings. The van der Waals surface area contributed by atoms with Crippen molar-refractivity contribution >= 4 is 23.4 Å². The van der Waals surface area contributed by atoms with Crippen molar-refractivity contribution in [3.63, 3.8) is 0 Å². The molecule has 0 radical (unpaired) electrons. The molecule has 0 aliphatic rings. The average molecular weight is 245 g/mol. The maximum absolute atomic E-state index is 5.84. The first-order chi connectivity index (χ1) is 7.13. The molecule has 1 heterocycles. The Morgan fingerprint density at radius 2 is 2.27 bits per heavy atom. The summed E-state index contributed by atoms with van der Waals surface area (Å²) in [6.45, 7) is 3.07. The highest BCUT2D eigenvalue weighted by atomic mass is 35.5. The Kier molecular flexibility index (Phi) is 5.43. The lowest BCUT2D eigenvalue weighted by Crippen LogP contribution is -2.30. The second kappa shape index (κ2) is 6.36. The highest BCUT2D eigenvalue weighted by Gasteiger charge is 2.09. The van der Waals surface area contributed by atoms with Crippen LogP contribution in [0.2, 0.25) is 5.15 Å². The molecule has 0 aliphatic carbocycles. The maximum atomic E-state index is 5.84. The van der Waals surface area contributed by atoms with Crippen molar-refractivity contribution in [2.45, 2.75) is 19.5 Å². The van der Waals surface area contributed by atoms with Gasteiger partial charge in [-0.2, -0.15) is 11.8 Å². The minimum Gasteiger partial charge on any atom is -0.297 e. The molecule has 4 heteroatoms. The van der Waals surface area contributed by atoms with E-state index in [1.54, 1.807) is 6.07 Å². The van der Waals surface area contributed by atoms with Gasteiger partial charge < -0.3 is 0 Å². The largest absolute Gasteiger partial charge is 0.297 e. The molecule has 1 rings (SSSR count). The third-order valence-electron chi connectivity index (χ3n) is 2.34. The van der Waals surface area contributed by atoms with E-state index in [9.17, 15) is 0 Å². The van der Waals surface area contributed by atoms with E-state index in [4.69, 9.17) is 11.6 Å². The van der Waals surface area contributed by atoms with E-state index >= 15 is 0 Å². The SMILES string of the molecule is CSCC(C)N(C)Cc1cccc(Cl)n1. The van der Waals surface area contributed by atoms with Crippen molar-refractivity contribution in [2.24, 2.45) is 0 Å². The normalized spacial score (nSPS) is 13.1. The van der Waals surface area contributed by atoms with E-state index in [2.05, 4.69) is 30.1 Å². The molecule has 0 fully saturated rings. The van der Waals surface area contributed by atoms with Gasteiger partial charge in [-0.3, -0.25) is 4.90 Å². The molecule has 0 saturated heterocycles. The van der Waals surface area contributed by atoms with Crippen molar-refractivity contribution in [1.82, 2.24) is 9.88 Å². The van der Waals surface area contributed by atoms with Gasteiger partial charge in [0.15, 0.2) is 0 Å². The fourth-order valence-corrected chi connectivity index (χ4v) is 2.24. The summed E-state index contributed by atoms with van der Waals surface area (Å²) in [6.07, 6.45) is 2.13. The average Bonchev–Trinajstić information content (AvgIpc) is 2.18. The number of halogens is 1. The van der Waals surface area contributed by atoms with Crippen molar-refractivity contribution in [1.29, 1.82) is 0 Å². The lowest BCUT2D eigenvalue weighted by atomic mass is 10.3. The molecular weight excluding hydrogens is 228 g/mol. The van der Waals surface area contributed by atoms with Crippen LogP contribution in [-0.4, -0.2) is 35.0 Å². The van der Waals surface area contributed by atoms with Crippen LogP contribution in [0, 0.1) is 0 Å². The van der Waals surface area contributed by atoms with Crippen LogP contribution in [0.5, 0.6) is 0 Å². The Morgan fingerprint density at radius 3 is 2.87 bits per heavy atom. The summed E-state index contributed by atoms with van der Waals surface area (Å²) >= 11 is 7.70. The zero-order chi connectivity index (χ0) is 11.3. The number of hydrogen-bond donors (Lipinski definition) is 0. The molecule has 0 saturated carbocycles. The molecule has 15 heavy (non-hydrogen) atoms. The molecule has 0 spiro atoms. The van der Waals surface area contributed by atoms with E-state index < -0.39 is 0 Å². The Hall–Kier alpha value is -0.250. The summed E-state index contributed by atoms with van der Waals surface area (Å²) in [5.74, 6) is 1.14. The predicted octanol–water partition coefficient (Wildman–Crippen LogP) is 2.92. The van der Waals surface area contributed by atoms with Gasteiger partial charge in [-0.15, -0.1) is 0 Å². The molecule has 1 atom stereocenters. The molecule has 0 aromatic carbocycles. The smallest absolute Gasteiger partial charge is 0.129 e. The second-order valence-electron chi connectivity index (χ2n) is 3.67. The Labute approximate surface area is 101 Å². The summed E-state index contributed by atoms with van der Waals surface area (Å²) in [5.41, 5.74) is 1.03. The van der Waals surface area contributed by atoms with Crippen LogP contribution in [0.25, 0.3) is 0 Å². The minimum atomic E-state index is 0.556. The number of pyridine rings is 1. The van der Waals surface area contributed by atoms with Crippen molar-refractivity contribution in [2.75, 3.05) is 19.1 Å². The Bertz CT molecular complexity index is 306. The van der Waals surface area contributed by atoms with Crippen LogP contribution >= 0.6 is 23.4 Å². The molecule has 0 amide bonds. The lowest BCUT2D eigenvalue weighted by Gasteiger charge is -2.23. The molecule has 0 bridgehead atoms. The van der Waals surface area contributed by atoms with E-state index in [1.807, 2.05) is 23.9 Å². The summed E-state index contributed by atoms with van der Waals surface area (Å²) in [5, 5.41) is 0.568. The van der Waals surface area contributed by atoms with Crippen LogP contribution < -0.4 is 0 Å². The van der Waals surface area contributed by atoms with Crippen LogP contribution in [0.15, 0.2) is 18.2 Å². The van der Waals surface area contributed by atoms with E-state index in [0.29, 0.717) is 11.2 Å². The molecule has 1 aromatic heterocycles. The van der Waals surface area contributed by atoms with Gasteiger partial charge in [-0.05, 0) is 32.4 Å². The van der Waals surface area contributed by atoms with Gasteiger partial charge in [0.1, 0.15) is 5.15 Å². The van der Waals surface area contributed by atoms with Crippen LogP contribution in [0.3, 0.4) is 0 Å². The molecule has 0 aliphatic heterocycles. The standard InChI is InChI=1S/C11H17ClN2S/c1-9(8-15-3)14(2)7-10-5-4-6-11(12)13-10/h4-6,9H,7-8H2,1-3H3. The first-order valence-corrected chi connectivity index (χ1v) is 6.71. The first kappa shape index (κ1) is 12.8. The van der Waals surface area contributed by atoms with Crippen LogP contribution in [-0.2, 0) is 6.54 Å². The van der Waals surface area contributed by atoms with E-state index in [1.165, 1.54) is 0 Å². The van der Waals surface area contributed by atoms with Crippen LogP contribution in [0.1, 0.15) is 12.6 Å². The summed E-state index contributed by atoms with van der Waals surface area (Å²) in [4.78, 5) is 6.56. The zero-order valence-electron chi connectivity index (χ0n) is 9.40. The van der Waals surface area contributed by atoms with Gasteiger partial charge in [0, 0.05) is 18.3 Å². The second-order valence-corrected chi connectivity index (χ2v) is 4.97. The molecular formula is C11H17ClN2S. The van der Waals surface area contributed by atoms with E-state index in [0.717, 1.165) is 18.0 Å². The maximum Gasteiger partial charge on any atom is 0.129 e. The van der Waals surface area contributed by atoms with Gasteiger partial charge in [-0.1, -0.05) is 17.7 Å². The van der Waals surface area contributed by atoms with Crippen molar-refractivity contribution < 1.29 is 0 Å². The fourth-order valence-electron chi connectivity index (χ4n) is 1.32. The van der Waals surface area contributed by atoms with Gasteiger partial charge in [0.05, 0.1) is 5.69 Å². The van der Waals surface area contributed by atoms with Gasteiger partial charge in [0.2, 0.25) is 0 Å². The molecule has 1 unspecified atom stereocenters. The molecule has 84 valence electrons. The highest BCUT2D eigenvalue weighted by molar-refractivity contribution is 7.98. The first-order valence-electron chi connectivity index (χ1n) is 4.94. The predicted molar refractivity (Wildman–Crippen MR) is 68.6 cm³/mol. The van der Waals surface area contributed by atoms with Gasteiger partial charge >= 0.3 is 0 Å². The Morgan fingerprint density at radius 1 is 1.53 bits per heavy atom. The minimum absolute atomic E-state index is 0.556. The monoisotopic (exact) mass is 244 g/mol. The summed E-state index contributed by atoms with van der Waals surface area (Å²) in [6, 6.07) is 6.31. The van der Waals surface area contributed by atoms with Gasteiger partial charge in [-0.25, -0.2) is 4.98 Å². The molecule has 2 nitrogen and oxygen atoms in total. The topological polar surface area (TPSA) is 16.1 Å². The number of nitrogens with zero attached hydrogens (tertiary/aromatic N) is 2. The van der Waals surface area contributed by atoms with E-state index in [-0.39, 0.29) is 0 Å².